The number of carbonyl (C=O) groups is 1. The van der Waals surface area contributed by atoms with Gasteiger partial charge in [-0.3, -0.25) is 4.79 Å². The van der Waals surface area contributed by atoms with Gasteiger partial charge in [-0.1, -0.05) is 0 Å². The monoisotopic (exact) mass is 270 g/mol. The first-order valence-electron chi connectivity index (χ1n) is 6.16. The predicted molar refractivity (Wildman–Crippen MR) is 72.0 cm³/mol. The third kappa shape index (κ3) is 4.14. The van der Waals surface area contributed by atoms with Gasteiger partial charge in [0, 0.05) is 25.4 Å². The van der Waals surface area contributed by atoms with Gasteiger partial charge in [-0.25, -0.2) is 4.98 Å². The number of carbonyl (C=O) groups excluding carboxylic acids is 1. The smallest absolute Gasteiger partial charge is 0.257 e. The highest BCUT2D eigenvalue weighted by molar-refractivity contribution is 5.77. The number of hydrogen-bond donors (Lipinski definition) is 2. The van der Waals surface area contributed by atoms with E-state index in [2.05, 4.69) is 15.3 Å². The highest BCUT2D eigenvalue weighted by Gasteiger charge is 2.03. The Morgan fingerprint density at radius 3 is 2.85 bits per heavy atom. The first-order chi connectivity index (χ1) is 9.78. The third-order valence-corrected chi connectivity index (χ3v) is 2.59. The van der Waals surface area contributed by atoms with Gasteiger partial charge < -0.3 is 15.0 Å². The zero-order chi connectivity index (χ0) is 14.2. The molecule has 0 unspecified atom stereocenters. The van der Waals surface area contributed by atoms with Gasteiger partial charge in [0.1, 0.15) is 11.6 Å². The largest absolute Gasteiger partial charge is 0.484 e. The number of nitriles is 1. The number of benzene rings is 1. The van der Waals surface area contributed by atoms with Crippen LogP contribution in [0.3, 0.4) is 0 Å². The Morgan fingerprint density at radius 2 is 2.20 bits per heavy atom. The summed E-state index contributed by atoms with van der Waals surface area (Å²) in [6, 6.07) is 8.63. The lowest BCUT2D eigenvalue weighted by molar-refractivity contribution is -0.123. The molecule has 1 aromatic carbocycles. The van der Waals surface area contributed by atoms with E-state index in [0.29, 0.717) is 24.3 Å². The van der Waals surface area contributed by atoms with Gasteiger partial charge in [0.25, 0.3) is 5.91 Å². The number of aromatic nitrogens is 2. The number of H-pyrrole nitrogens is 1. The van der Waals surface area contributed by atoms with E-state index in [1.54, 1.807) is 36.7 Å². The van der Waals surface area contributed by atoms with E-state index in [1.807, 2.05) is 6.07 Å². The van der Waals surface area contributed by atoms with Crippen molar-refractivity contribution >= 4 is 5.91 Å². The van der Waals surface area contributed by atoms with Crippen LogP contribution >= 0.6 is 0 Å². The summed E-state index contributed by atoms with van der Waals surface area (Å²) in [7, 11) is 0. The predicted octanol–water partition coefficient (Wildman–Crippen LogP) is 1.02. The normalized spacial score (nSPS) is 9.75. The highest BCUT2D eigenvalue weighted by Crippen LogP contribution is 2.11. The number of nitrogens with one attached hydrogen (secondary N) is 2. The molecule has 0 aliphatic heterocycles. The lowest BCUT2D eigenvalue weighted by Gasteiger charge is -2.06. The summed E-state index contributed by atoms with van der Waals surface area (Å²) in [5, 5.41) is 11.4. The molecular formula is C14H14N4O2. The minimum atomic E-state index is -0.194. The molecule has 2 rings (SSSR count). The van der Waals surface area contributed by atoms with Crippen LogP contribution in [0.1, 0.15) is 11.4 Å². The number of nitrogens with zero attached hydrogens (tertiary/aromatic N) is 2. The highest BCUT2D eigenvalue weighted by atomic mass is 16.5. The maximum absolute atomic E-state index is 11.5. The first kappa shape index (κ1) is 13.6. The first-order valence-corrected chi connectivity index (χ1v) is 6.16. The van der Waals surface area contributed by atoms with Crippen LogP contribution < -0.4 is 10.1 Å². The van der Waals surface area contributed by atoms with Gasteiger partial charge >= 0.3 is 0 Å². The molecule has 102 valence electrons. The molecule has 6 nitrogen and oxygen atoms in total. The molecule has 0 saturated carbocycles. The summed E-state index contributed by atoms with van der Waals surface area (Å²) in [6.45, 7) is 0.452. The van der Waals surface area contributed by atoms with Crippen LogP contribution in [0.4, 0.5) is 0 Å². The zero-order valence-corrected chi connectivity index (χ0v) is 10.8. The molecule has 0 spiro atoms. The second kappa shape index (κ2) is 6.95. The summed E-state index contributed by atoms with van der Waals surface area (Å²) in [5.41, 5.74) is 0.556. The second-order valence-electron chi connectivity index (χ2n) is 4.06. The Balaban J connectivity index is 1.68. The Bertz CT molecular complexity index is 585. The topological polar surface area (TPSA) is 90.8 Å². The number of aromatic amines is 1. The molecule has 0 aliphatic rings. The van der Waals surface area contributed by atoms with Crippen molar-refractivity contribution in [2.75, 3.05) is 13.2 Å². The molecule has 1 aromatic heterocycles. The summed E-state index contributed by atoms with van der Waals surface area (Å²) in [4.78, 5) is 18.6. The summed E-state index contributed by atoms with van der Waals surface area (Å²) >= 11 is 0. The lowest BCUT2D eigenvalue weighted by atomic mass is 10.2. The molecule has 20 heavy (non-hydrogen) atoms. The average Bonchev–Trinajstić information content (AvgIpc) is 2.99. The van der Waals surface area contributed by atoms with Crippen LogP contribution in [0, 0.1) is 11.3 Å². The minimum Gasteiger partial charge on any atom is -0.484 e. The second-order valence-corrected chi connectivity index (χ2v) is 4.06. The van der Waals surface area contributed by atoms with Crippen molar-refractivity contribution in [2.24, 2.45) is 0 Å². The van der Waals surface area contributed by atoms with E-state index < -0.39 is 0 Å². The zero-order valence-electron chi connectivity index (χ0n) is 10.8. The van der Waals surface area contributed by atoms with Crippen molar-refractivity contribution in [3.8, 4) is 11.8 Å². The third-order valence-electron chi connectivity index (χ3n) is 2.59. The maximum Gasteiger partial charge on any atom is 0.257 e. The Kier molecular flexibility index (Phi) is 4.73. The van der Waals surface area contributed by atoms with Gasteiger partial charge in [0.05, 0.1) is 11.6 Å². The van der Waals surface area contributed by atoms with Crippen LogP contribution in [-0.2, 0) is 11.2 Å². The minimum absolute atomic E-state index is 0.0515. The summed E-state index contributed by atoms with van der Waals surface area (Å²) in [6.07, 6.45) is 4.06. The Morgan fingerprint density at radius 1 is 1.40 bits per heavy atom. The molecule has 0 fully saturated rings. The molecule has 0 bridgehead atoms. The van der Waals surface area contributed by atoms with Crippen molar-refractivity contribution in [1.29, 1.82) is 5.26 Å². The molecular weight excluding hydrogens is 256 g/mol. The van der Waals surface area contributed by atoms with Crippen LogP contribution in [0.2, 0.25) is 0 Å². The van der Waals surface area contributed by atoms with Gasteiger partial charge in [0.2, 0.25) is 0 Å². The average molecular weight is 270 g/mol. The number of hydrogen-bond acceptors (Lipinski definition) is 4. The van der Waals surface area contributed by atoms with Gasteiger partial charge in [-0.05, 0) is 24.3 Å². The molecule has 0 saturated heterocycles. The van der Waals surface area contributed by atoms with E-state index in [-0.39, 0.29) is 12.5 Å². The van der Waals surface area contributed by atoms with Gasteiger partial charge in [-0.15, -0.1) is 0 Å². The van der Waals surface area contributed by atoms with E-state index in [4.69, 9.17) is 10.00 Å². The number of imidazole rings is 1. The summed E-state index contributed by atoms with van der Waals surface area (Å²) in [5.74, 6) is 1.20. The van der Waals surface area contributed by atoms with Crippen LogP contribution in [0.25, 0.3) is 0 Å². The van der Waals surface area contributed by atoms with Crippen molar-refractivity contribution in [2.45, 2.75) is 6.42 Å². The fourth-order valence-electron chi connectivity index (χ4n) is 1.58. The SMILES string of the molecule is N#Cc1ccc(OCC(=O)NCCc2ncc[nH]2)cc1. The molecule has 2 N–H and O–H groups in total. The molecule has 1 amide bonds. The van der Waals surface area contributed by atoms with Crippen LogP contribution in [-0.4, -0.2) is 29.0 Å². The Hall–Kier alpha value is -2.81. The number of ether oxygens (including phenoxy) is 1. The van der Waals surface area contributed by atoms with Gasteiger partial charge in [0.15, 0.2) is 6.61 Å². The molecule has 0 aliphatic carbocycles. The van der Waals surface area contributed by atoms with Crippen molar-refractivity contribution in [1.82, 2.24) is 15.3 Å². The van der Waals surface area contributed by atoms with E-state index in [9.17, 15) is 4.79 Å². The molecule has 2 aromatic rings. The molecule has 1 heterocycles. The van der Waals surface area contributed by atoms with E-state index >= 15 is 0 Å². The van der Waals surface area contributed by atoms with Crippen LogP contribution in [0.15, 0.2) is 36.7 Å². The summed E-state index contributed by atoms with van der Waals surface area (Å²) < 4.78 is 5.31. The van der Waals surface area contributed by atoms with E-state index in [1.165, 1.54) is 0 Å². The van der Waals surface area contributed by atoms with Crippen molar-refractivity contribution in [3.63, 3.8) is 0 Å². The fraction of sp³-hybridized carbons (Fsp3) is 0.214. The molecule has 6 heteroatoms. The Labute approximate surface area is 116 Å². The lowest BCUT2D eigenvalue weighted by Crippen LogP contribution is -2.30. The molecule has 0 atom stereocenters. The van der Waals surface area contributed by atoms with E-state index in [0.717, 1.165) is 5.82 Å². The van der Waals surface area contributed by atoms with Crippen molar-refractivity contribution < 1.29 is 9.53 Å². The van der Waals surface area contributed by atoms with Gasteiger partial charge in [-0.2, -0.15) is 5.26 Å². The van der Waals surface area contributed by atoms with Crippen LogP contribution in [0.5, 0.6) is 5.75 Å². The van der Waals surface area contributed by atoms with Crippen molar-refractivity contribution in [3.05, 3.63) is 48.0 Å². The number of amides is 1. The maximum atomic E-state index is 11.5. The number of rotatable bonds is 6. The molecule has 0 radical (unpaired) electrons. The quantitative estimate of drug-likeness (QED) is 0.819. The standard InChI is InChI=1S/C14H14N4O2/c15-9-11-1-3-12(4-2-11)20-10-14(19)18-6-5-13-16-7-8-17-13/h1-4,7-8H,5-6,10H2,(H,16,17)(H,18,19). The fourth-order valence-corrected chi connectivity index (χ4v) is 1.58.